The SMILES string of the molecule is C[C@H](N)C(=O)N1CCC[C@]1(C(=O)O)c1ccccc1. The fourth-order valence-electron chi connectivity index (χ4n) is 2.72. The van der Waals surface area contributed by atoms with Crippen molar-refractivity contribution in [3.05, 3.63) is 35.9 Å². The summed E-state index contributed by atoms with van der Waals surface area (Å²) < 4.78 is 0. The highest BCUT2D eigenvalue weighted by atomic mass is 16.4. The first-order chi connectivity index (χ1) is 9.00. The molecule has 5 nitrogen and oxygen atoms in total. The topological polar surface area (TPSA) is 83.6 Å². The smallest absolute Gasteiger partial charge is 0.334 e. The number of carbonyl (C=O) groups is 2. The van der Waals surface area contributed by atoms with Crippen LogP contribution in [0.1, 0.15) is 25.3 Å². The summed E-state index contributed by atoms with van der Waals surface area (Å²) in [6, 6.07) is 8.20. The molecule has 0 radical (unpaired) electrons. The van der Waals surface area contributed by atoms with Gasteiger partial charge in [-0.3, -0.25) is 4.79 Å². The number of nitrogens with zero attached hydrogens (tertiary/aromatic N) is 1. The van der Waals surface area contributed by atoms with Crippen LogP contribution in [0.5, 0.6) is 0 Å². The van der Waals surface area contributed by atoms with Crippen molar-refractivity contribution in [2.24, 2.45) is 5.73 Å². The van der Waals surface area contributed by atoms with Crippen LogP contribution in [0.3, 0.4) is 0 Å². The lowest BCUT2D eigenvalue weighted by molar-refractivity contribution is -0.157. The summed E-state index contributed by atoms with van der Waals surface area (Å²) in [7, 11) is 0. The monoisotopic (exact) mass is 262 g/mol. The number of aliphatic carboxylic acids is 1. The molecule has 1 aliphatic rings. The van der Waals surface area contributed by atoms with E-state index < -0.39 is 17.6 Å². The predicted molar refractivity (Wildman–Crippen MR) is 70.4 cm³/mol. The molecule has 19 heavy (non-hydrogen) atoms. The van der Waals surface area contributed by atoms with E-state index >= 15 is 0 Å². The summed E-state index contributed by atoms with van der Waals surface area (Å²) in [4.78, 5) is 25.4. The lowest BCUT2D eigenvalue weighted by atomic mass is 9.87. The Morgan fingerprint density at radius 1 is 1.37 bits per heavy atom. The van der Waals surface area contributed by atoms with Gasteiger partial charge in [0, 0.05) is 6.54 Å². The van der Waals surface area contributed by atoms with Gasteiger partial charge in [-0.25, -0.2) is 4.79 Å². The molecular weight excluding hydrogens is 244 g/mol. The van der Waals surface area contributed by atoms with Crippen molar-refractivity contribution in [3.63, 3.8) is 0 Å². The maximum absolute atomic E-state index is 12.2. The second-order valence-electron chi connectivity index (χ2n) is 4.91. The Bertz CT molecular complexity index is 487. The summed E-state index contributed by atoms with van der Waals surface area (Å²) in [5, 5.41) is 9.68. The van der Waals surface area contributed by atoms with E-state index in [-0.39, 0.29) is 5.91 Å². The van der Waals surface area contributed by atoms with Gasteiger partial charge in [0.2, 0.25) is 5.91 Å². The van der Waals surface area contributed by atoms with Gasteiger partial charge in [-0.2, -0.15) is 0 Å². The van der Waals surface area contributed by atoms with Gasteiger partial charge >= 0.3 is 5.97 Å². The first-order valence-electron chi connectivity index (χ1n) is 6.36. The van der Waals surface area contributed by atoms with E-state index in [4.69, 9.17) is 5.73 Å². The summed E-state index contributed by atoms with van der Waals surface area (Å²) in [5.41, 5.74) is 4.99. The van der Waals surface area contributed by atoms with Crippen molar-refractivity contribution >= 4 is 11.9 Å². The first-order valence-corrected chi connectivity index (χ1v) is 6.36. The Morgan fingerprint density at radius 3 is 2.53 bits per heavy atom. The van der Waals surface area contributed by atoms with Crippen molar-refractivity contribution < 1.29 is 14.7 Å². The number of hydrogen-bond acceptors (Lipinski definition) is 3. The van der Waals surface area contributed by atoms with Crippen LogP contribution in [0.4, 0.5) is 0 Å². The fraction of sp³-hybridized carbons (Fsp3) is 0.429. The quantitative estimate of drug-likeness (QED) is 0.849. The third-order valence-electron chi connectivity index (χ3n) is 3.64. The molecule has 1 saturated heterocycles. The van der Waals surface area contributed by atoms with Gasteiger partial charge in [-0.15, -0.1) is 0 Å². The minimum Gasteiger partial charge on any atom is -0.479 e. The van der Waals surface area contributed by atoms with Crippen LogP contribution in [-0.2, 0) is 15.1 Å². The second-order valence-corrected chi connectivity index (χ2v) is 4.91. The summed E-state index contributed by atoms with van der Waals surface area (Å²) in [5.74, 6) is -1.31. The van der Waals surface area contributed by atoms with E-state index in [1.807, 2.05) is 6.07 Å². The van der Waals surface area contributed by atoms with E-state index in [0.29, 0.717) is 24.9 Å². The number of carbonyl (C=O) groups excluding carboxylic acids is 1. The fourth-order valence-corrected chi connectivity index (χ4v) is 2.72. The van der Waals surface area contributed by atoms with Gasteiger partial charge < -0.3 is 15.7 Å². The second kappa shape index (κ2) is 5.01. The Balaban J connectivity index is 2.50. The maximum atomic E-state index is 12.2. The van der Waals surface area contributed by atoms with Crippen molar-refractivity contribution in [1.29, 1.82) is 0 Å². The van der Waals surface area contributed by atoms with Crippen LogP contribution in [0.25, 0.3) is 0 Å². The van der Waals surface area contributed by atoms with Gasteiger partial charge in [0.1, 0.15) is 0 Å². The van der Waals surface area contributed by atoms with E-state index in [1.54, 1.807) is 31.2 Å². The molecule has 0 saturated carbocycles. The maximum Gasteiger partial charge on any atom is 0.334 e. The molecule has 1 aromatic carbocycles. The van der Waals surface area contributed by atoms with Crippen molar-refractivity contribution in [2.45, 2.75) is 31.3 Å². The zero-order valence-electron chi connectivity index (χ0n) is 10.9. The third-order valence-corrected chi connectivity index (χ3v) is 3.64. The number of benzene rings is 1. The molecule has 0 aliphatic carbocycles. The zero-order chi connectivity index (χ0) is 14.0. The van der Waals surface area contributed by atoms with Crippen molar-refractivity contribution in [2.75, 3.05) is 6.54 Å². The number of carboxylic acid groups (broad SMARTS) is 1. The molecule has 0 unspecified atom stereocenters. The van der Waals surface area contributed by atoms with Crippen LogP contribution in [0.2, 0.25) is 0 Å². The van der Waals surface area contributed by atoms with E-state index in [2.05, 4.69) is 0 Å². The first kappa shape index (κ1) is 13.5. The standard InChI is InChI=1S/C14H18N2O3/c1-10(15)12(17)16-9-5-8-14(16,13(18)19)11-6-3-2-4-7-11/h2-4,6-7,10H,5,8-9,15H2,1H3,(H,18,19)/t10-,14+/m0/s1. The van der Waals surface area contributed by atoms with Crippen LogP contribution in [0.15, 0.2) is 30.3 Å². The molecule has 0 spiro atoms. The number of likely N-dealkylation sites (tertiary alicyclic amines) is 1. The van der Waals surface area contributed by atoms with Gasteiger partial charge in [0.15, 0.2) is 5.54 Å². The van der Waals surface area contributed by atoms with Crippen LogP contribution in [-0.4, -0.2) is 34.5 Å². The number of amides is 1. The average Bonchev–Trinajstić information content (AvgIpc) is 2.84. The highest BCUT2D eigenvalue weighted by molar-refractivity contribution is 5.91. The molecule has 0 bridgehead atoms. The van der Waals surface area contributed by atoms with E-state index in [0.717, 1.165) is 0 Å². The molecule has 1 amide bonds. The number of carboxylic acids is 1. The Kier molecular flexibility index (Phi) is 3.57. The molecule has 2 rings (SSSR count). The van der Waals surface area contributed by atoms with Crippen LogP contribution in [0, 0.1) is 0 Å². The molecule has 5 heteroatoms. The molecular formula is C14H18N2O3. The molecule has 1 fully saturated rings. The van der Waals surface area contributed by atoms with Crippen LogP contribution < -0.4 is 5.73 Å². The lowest BCUT2D eigenvalue weighted by Crippen LogP contribution is -2.54. The largest absolute Gasteiger partial charge is 0.479 e. The molecule has 102 valence electrons. The van der Waals surface area contributed by atoms with Gasteiger partial charge in [0.25, 0.3) is 0 Å². The third kappa shape index (κ3) is 2.10. The van der Waals surface area contributed by atoms with Gasteiger partial charge in [-0.05, 0) is 25.3 Å². The molecule has 0 aromatic heterocycles. The summed E-state index contributed by atoms with van der Waals surface area (Å²) in [6.45, 7) is 2.01. The normalized spacial score (nSPS) is 24.2. The highest BCUT2D eigenvalue weighted by Crippen LogP contribution is 2.39. The Hall–Kier alpha value is -1.88. The van der Waals surface area contributed by atoms with E-state index in [9.17, 15) is 14.7 Å². The Labute approximate surface area is 112 Å². The van der Waals surface area contributed by atoms with E-state index in [1.165, 1.54) is 4.90 Å². The number of hydrogen-bond donors (Lipinski definition) is 2. The van der Waals surface area contributed by atoms with Crippen LogP contribution >= 0.6 is 0 Å². The number of rotatable bonds is 3. The average molecular weight is 262 g/mol. The lowest BCUT2D eigenvalue weighted by Gasteiger charge is -2.36. The molecule has 1 aliphatic heterocycles. The molecule has 1 heterocycles. The van der Waals surface area contributed by atoms with Crippen molar-refractivity contribution in [1.82, 2.24) is 4.90 Å². The highest BCUT2D eigenvalue weighted by Gasteiger charge is 2.51. The van der Waals surface area contributed by atoms with Crippen molar-refractivity contribution in [3.8, 4) is 0 Å². The number of nitrogens with two attached hydrogens (primary N) is 1. The summed E-state index contributed by atoms with van der Waals surface area (Å²) in [6.07, 6.45) is 1.09. The zero-order valence-corrected chi connectivity index (χ0v) is 10.9. The minimum absolute atomic E-state index is 0.316. The van der Waals surface area contributed by atoms with Gasteiger partial charge in [0.05, 0.1) is 6.04 Å². The minimum atomic E-state index is -1.27. The molecule has 1 aromatic rings. The molecule has 3 N–H and O–H groups in total. The summed E-state index contributed by atoms with van der Waals surface area (Å²) >= 11 is 0. The Morgan fingerprint density at radius 2 is 2.00 bits per heavy atom. The predicted octanol–water partition coefficient (Wildman–Crippen LogP) is 0.936. The molecule has 2 atom stereocenters. The van der Waals surface area contributed by atoms with Gasteiger partial charge in [-0.1, -0.05) is 30.3 Å².